The highest BCUT2D eigenvalue weighted by Crippen LogP contribution is 2.56. The van der Waals surface area contributed by atoms with Crippen molar-refractivity contribution in [2.75, 3.05) is 13.3 Å². The minimum atomic E-state index is -3.53. The molecule has 0 aliphatic carbocycles. The van der Waals surface area contributed by atoms with Gasteiger partial charge in [-0.25, -0.2) is 0 Å². The van der Waals surface area contributed by atoms with Gasteiger partial charge in [0.05, 0.1) is 17.4 Å². The van der Waals surface area contributed by atoms with E-state index >= 15 is 0 Å². The monoisotopic (exact) mass is 342 g/mol. The number of benzene rings is 1. The molecule has 2 unspecified atom stereocenters. The summed E-state index contributed by atoms with van der Waals surface area (Å²) in [7, 11) is -3.53. The van der Waals surface area contributed by atoms with Crippen LogP contribution in [0.4, 0.5) is 5.69 Å². The average molecular weight is 342 g/mol. The summed E-state index contributed by atoms with van der Waals surface area (Å²) in [5.41, 5.74) is -1.30. The fourth-order valence-electron chi connectivity index (χ4n) is 2.58. The van der Waals surface area contributed by atoms with Gasteiger partial charge in [0.1, 0.15) is 5.66 Å². The molecule has 1 N–H and O–H groups in total. The van der Waals surface area contributed by atoms with Crippen LogP contribution in [0.15, 0.2) is 24.3 Å². The first kappa shape index (κ1) is 17.3. The number of nitro benzene ring substituents is 1. The van der Waals surface area contributed by atoms with Gasteiger partial charge in [-0.05, 0) is 12.5 Å². The van der Waals surface area contributed by atoms with Crippen LogP contribution >= 0.6 is 7.37 Å². The molecule has 1 aromatic carbocycles. The van der Waals surface area contributed by atoms with Gasteiger partial charge in [0.2, 0.25) is 7.37 Å². The Morgan fingerprint density at radius 3 is 2.35 bits per heavy atom. The molecule has 1 heterocycles. The van der Waals surface area contributed by atoms with Gasteiger partial charge >= 0.3 is 0 Å². The Labute approximate surface area is 131 Å². The first-order valence-electron chi connectivity index (χ1n) is 6.73. The number of nitro groups is 1. The zero-order valence-corrected chi connectivity index (χ0v) is 13.3. The minimum absolute atomic E-state index is 0.0636. The van der Waals surface area contributed by atoms with Crippen LogP contribution in [0.1, 0.15) is 18.4 Å². The Hall–Kier alpha value is -2.09. The van der Waals surface area contributed by atoms with E-state index in [9.17, 15) is 29.5 Å². The number of rotatable bonds is 5. The lowest BCUT2D eigenvalue weighted by molar-refractivity contribution is -0.384. The molecule has 2 amide bonds. The Morgan fingerprint density at radius 1 is 1.30 bits per heavy atom. The van der Waals surface area contributed by atoms with Gasteiger partial charge < -0.3 is 4.52 Å². The van der Waals surface area contributed by atoms with Crippen LogP contribution in [0, 0.1) is 10.1 Å². The Morgan fingerprint density at radius 2 is 1.87 bits per heavy atom. The van der Waals surface area contributed by atoms with E-state index in [4.69, 9.17) is 4.52 Å². The third kappa shape index (κ3) is 3.03. The second-order valence-electron chi connectivity index (χ2n) is 5.09. The van der Waals surface area contributed by atoms with Crippen molar-refractivity contribution in [3.8, 4) is 0 Å². The maximum Gasteiger partial charge on any atom is 0.269 e. The van der Waals surface area contributed by atoms with E-state index in [1.165, 1.54) is 30.9 Å². The predicted molar refractivity (Wildman–Crippen MR) is 78.4 cm³/mol. The summed E-state index contributed by atoms with van der Waals surface area (Å²) in [6.45, 7) is 2.89. The number of hydroxylamine groups is 2. The number of non-ortho nitro benzene ring substituents is 1. The van der Waals surface area contributed by atoms with Gasteiger partial charge in [0.25, 0.3) is 17.5 Å². The lowest BCUT2D eigenvalue weighted by atomic mass is 9.97. The molecule has 1 aromatic rings. The van der Waals surface area contributed by atoms with Crippen LogP contribution in [0.2, 0.25) is 0 Å². The van der Waals surface area contributed by atoms with E-state index in [0.29, 0.717) is 0 Å². The lowest BCUT2D eigenvalue weighted by Crippen LogP contribution is -2.28. The summed E-state index contributed by atoms with van der Waals surface area (Å²) >= 11 is 0. The molecular formula is C13H15N2O7P. The number of amides is 2. The lowest BCUT2D eigenvalue weighted by Gasteiger charge is -2.22. The van der Waals surface area contributed by atoms with E-state index in [0.717, 1.165) is 0 Å². The number of imide groups is 1. The van der Waals surface area contributed by atoms with Crippen molar-refractivity contribution in [3.63, 3.8) is 0 Å². The molecule has 9 nitrogen and oxygen atoms in total. The Balaban J connectivity index is 2.48. The number of hydrogen-bond donors (Lipinski definition) is 1. The number of nitrogens with zero attached hydrogens (tertiary/aromatic N) is 2. The molecule has 0 saturated carbocycles. The SMILES string of the molecule is CCOP(C)(=O)[C@H]1C(=O)N(O)C(=O)C1c1ccc([N+](=O)[O-])cc1. The molecule has 124 valence electrons. The molecule has 1 aliphatic rings. The fourth-order valence-corrected chi connectivity index (χ4v) is 4.60. The third-order valence-electron chi connectivity index (χ3n) is 3.61. The van der Waals surface area contributed by atoms with Crippen LogP contribution in [0.5, 0.6) is 0 Å². The molecule has 1 aliphatic heterocycles. The van der Waals surface area contributed by atoms with Crippen LogP contribution in [-0.4, -0.2) is 45.9 Å². The maximum atomic E-state index is 12.6. The molecule has 0 spiro atoms. The summed E-state index contributed by atoms with van der Waals surface area (Å²) in [4.78, 5) is 34.3. The van der Waals surface area contributed by atoms with E-state index in [1.807, 2.05) is 0 Å². The molecule has 3 atom stereocenters. The molecular weight excluding hydrogens is 327 g/mol. The zero-order valence-electron chi connectivity index (χ0n) is 12.4. The van der Waals surface area contributed by atoms with Gasteiger partial charge in [-0.2, -0.15) is 5.06 Å². The number of carbonyl (C=O) groups excluding carboxylic acids is 2. The summed E-state index contributed by atoms with van der Waals surface area (Å²) < 4.78 is 17.8. The quantitative estimate of drug-likeness (QED) is 0.284. The topological polar surface area (TPSA) is 127 Å². The largest absolute Gasteiger partial charge is 0.328 e. The molecule has 1 fully saturated rings. The van der Waals surface area contributed by atoms with Gasteiger partial charge in [-0.15, -0.1) is 0 Å². The van der Waals surface area contributed by atoms with Crippen molar-refractivity contribution in [3.05, 3.63) is 39.9 Å². The Kier molecular flexibility index (Phi) is 4.65. The van der Waals surface area contributed by atoms with Gasteiger partial charge in [-0.1, -0.05) is 12.1 Å². The highest BCUT2D eigenvalue weighted by Gasteiger charge is 2.55. The molecule has 10 heteroatoms. The summed E-state index contributed by atoms with van der Waals surface area (Å²) in [5, 5.41) is 20.2. The third-order valence-corrected chi connectivity index (χ3v) is 5.91. The summed E-state index contributed by atoms with van der Waals surface area (Å²) in [5.74, 6) is -3.15. The first-order valence-corrected chi connectivity index (χ1v) is 8.87. The van der Waals surface area contributed by atoms with E-state index < -0.39 is 35.7 Å². The summed E-state index contributed by atoms with van der Waals surface area (Å²) in [6.07, 6.45) is 0. The van der Waals surface area contributed by atoms with Crippen LogP contribution in [-0.2, 0) is 18.7 Å². The zero-order chi connectivity index (χ0) is 17.4. The van der Waals surface area contributed by atoms with E-state index in [1.54, 1.807) is 6.92 Å². The Bertz CT molecular complexity index is 703. The van der Waals surface area contributed by atoms with Crippen LogP contribution < -0.4 is 0 Å². The van der Waals surface area contributed by atoms with Crippen LogP contribution in [0.3, 0.4) is 0 Å². The highest BCUT2D eigenvalue weighted by atomic mass is 31.2. The molecule has 23 heavy (non-hydrogen) atoms. The van der Waals surface area contributed by atoms with Gasteiger partial charge in [0, 0.05) is 18.8 Å². The van der Waals surface area contributed by atoms with Crippen molar-refractivity contribution in [1.29, 1.82) is 0 Å². The number of carbonyl (C=O) groups is 2. The molecule has 2 rings (SSSR count). The van der Waals surface area contributed by atoms with Gasteiger partial charge in [0.15, 0.2) is 0 Å². The molecule has 1 saturated heterocycles. The number of hydrogen-bond acceptors (Lipinski definition) is 7. The van der Waals surface area contributed by atoms with Crippen molar-refractivity contribution in [1.82, 2.24) is 5.06 Å². The predicted octanol–water partition coefficient (Wildman–Crippen LogP) is 1.75. The van der Waals surface area contributed by atoms with E-state index in [2.05, 4.69) is 0 Å². The summed E-state index contributed by atoms with van der Waals surface area (Å²) in [6, 6.07) is 4.94. The van der Waals surface area contributed by atoms with Crippen molar-refractivity contribution < 1.29 is 28.8 Å². The molecule has 0 bridgehead atoms. The maximum absolute atomic E-state index is 12.6. The second kappa shape index (κ2) is 6.19. The highest BCUT2D eigenvalue weighted by molar-refractivity contribution is 7.60. The molecule has 0 radical (unpaired) electrons. The van der Waals surface area contributed by atoms with Crippen molar-refractivity contribution in [2.45, 2.75) is 18.5 Å². The minimum Gasteiger partial charge on any atom is -0.328 e. The molecule has 0 aromatic heterocycles. The average Bonchev–Trinajstić information content (AvgIpc) is 2.72. The first-order chi connectivity index (χ1) is 10.7. The normalized spacial score (nSPS) is 23.9. The van der Waals surface area contributed by atoms with Crippen molar-refractivity contribution in [2.24, 2.45) is 0 Å². The van der Waals surface area contributed by atoms with E-state index in [-0.39, 0.29) is 22.9 Å². The second-order valence-corrected chi connectivity index (χ2v) is 7.72. The van der Waals surface area contributed by atoms with Crippen molar-refractivity contribution >= 4 is 24.9 Å². The van der Waals surface area contributed by atoms with Gasteiger partial charge in [-0.3, -0.25) is 29.5 Å². The van der Waals surface area contributed by atoms with Crippen LogP contribution in [0.25, 0.3) is 0 Å². The standard InChI is InChI=1S/C13H15N2O7P/c1-3-22-23(2,21)11-10(12(16)14(18)13(11)17)8-4-6-9(7-5-8)15(19)20/h4-7,10-11,18H,3H2,1-2H3/t10?,11-,23?/m1/s1. The smallest absolute Gasteiger partial charge is 0.269 e. The fraction of sp³-hybridized carbons (Fsp3) is 0.385.